The Morgan fingerprint density at radius 1 is 1.27 bits per heavy atom. The van der Waals surface area contributed by atoms with Gasteiger partial charge in [0.2, 0.25) is 0 Å². The van der Waals surface area contributed by atoms with Gasteiger partial charge in [0.1, 0.15) is 0 Å². The second-order valence-electron chi connectivity index (χ2n) is 4.15. The number of anilines is 1. The molecule has 2 amide bonds. The highest BCUT2D eigenvalue weighted by Gasteiger charge is 2.11. The second kappa shape index (κ2) is 7.30. The number of aromatic nitrogens is 1. The summed E-state index contributed by atoms with van der Waals surface area (Å²) in [5, 5.41) is 4.90. The van der Waals surface area contributed by atoms with Crippen molar-refractivity contribution in [2.45, 2.75) is 13.2 Å². The molecule has 0 bridgehead atoms. The Labute approximate surface area is 124 Å². The van der Waals surface area contributed by atoms with Crippen molar-refractivity contribution in [1.82, 2.24) is 10.3 Å². The summed E-state index contributed by atoms with van der Waals surface area (Å²) < 4.78 is 41.4. The van der Waals surface area contributed by atoms with Crippen molar-refractivity contribution in [1.29, 1.82) is 0 Å². The summed E-state index contributed by atoms with van der Waals surface area (Å²) in [7, 11) is 0. The number of benzene rings is 1. The summed E-state index contributed by atoms with van der Waals surface area (Å²) >= 11 is 0. The van der Waals surface area contributed by atoms with Gasteiger partial charge in [-0.25, -0.2) is 9.18 Å². The number of halogens is 3. The second-order valence-corrected chi connectivity index (χ2v) is 4.15. The molecular weight excluding hydrogens is 299 g/mol. The van der Waals surface area contributed by atoms with Gasteiger partial charge in [-0.2, -0.15) is 8.78 Å². The first-order valence-electron chi connectivity index (χ1n) is 6.23. The van der Waals surface area contributed by atoms with E-state index in [0.29, 0.717) is 5.69 Å². The van der Waals surface area contributed by atoms with E-state index in [1.165, 1.54) is 6.07 Å². The molecule has 5 nitrogen and oxygen atoms in total. The molecule has 0 aliphatic heterocycles. The lowest BCUT2D eigenvalue weighted by Gasteiger charge is -2.09. The molecule has 1 heterocycles. The van der Waals surface area contributed by atoms with E-state index >= 15 is 0 Å². The molecule has 0 atom stereocenters. The Hall–Kier alpha value is -2.77. The first-order chi connectivity index (χ1) is 10.5. The van der Waals surface area contributed by atoms with Crippen molar-refractivity contribution in [2.75, 3.05) is 5.32 Å². The van der Waals surface area contributed by atoms with E-state index in [-0.39, 0.29) is 12.2 Å². The molecule has 2 aromatic rings. The fourth-order valence-corrected chi connectivity index (χ4v) is 1.62. The van der Waals surface area contributed by atoms with Gasteiger partial charge >= 0.3 is 12.6 Å². The van der Waals surface area contributed by atoms with Crippen LogP contribution in [0.15, 0.2) is 42.6 Å². The minimum absolute atomic E-state index is 0.109. The zero-order valence-electron chi connectivity index (χ0n) is 11.2. The van der Waals surface area contributed by atoms with Crippen LogP contribution >= 0.6 is 0 Å². The van der Waals surface area contributed by atoms with Crippen LogP contribution < -0.4 is 15.4 Å². The molecule has 0 fully saturated rings. The van der Waals surface area contributed by atoms with E-state index in [1.807, 2.05) is 0 Å². The third-order valence-electron chi connectivity index (χ3n) is 2.56. The minimum Gasteiger partial charge on any atom is -0.432 e. The van der Waals surface area contributed by atoms with Crippen LogP contribution in [-0.4, -0.2) is 17.6 Å². The van der Waals surface area contributed by atoms with Gasteiger partial charge in [-0.15, -0.1) is 0 Å². The summed E-state index contributed by atoms with van der Waals surface area (Å²) in [6.45, 7) is -2.92. The number of carbonyl (C=O) groups excluding carboxylic acids is 1. The number of alkyl halides is 2. The third-order valence-corrected chi connectivity index (χ3v) is 2.56. The Morgan fingerprint density at radius 2 is 2.09 bits per heavy atom. The molecule has 0 unspecified atom stereocenters. The number of amides is 2. The van der Waals surface area contributed by atoms with E-state index in [9.17, 15) is 18.0 Å². The fourth-order valence-electron chi connectivity index (χ4n) is 1.62. The number of hydrogen-bond acceptors (Lipinski definition) is 3. The van der Waals surface area contributed by atoms with E-state index < -0.39 is 24.2 Å². The highest BCUT2D eigenvalue weighted by molar-refractivity contribution is 5.89. The molecule has 0 aliphatic rings. The van der Waals surface area contributed by atoms with Gasteiger partial charge in [0.15, 0.2) is 11.6 Å². The van der Waals surface area contributed by atoms with Gasteiger partial charge in [-0.3, -0.25) is 4.98 Å². The van der Waals surface area contributed by atoms with Crippen LogP contribution in [0.2, 0.25) is 0 Å². The van der Waals surface area contributed by atoms with Gasteiger partial charge in [-0.1, -0.05) is 6.07 Å². The summed E-state index contributed by atoms with van der Waals surface area (Å²) in [6, 6.07) is 7.83. The van der Waals surface area contributed by atoms with Crippen LogP contribution in [-0.2, 0) is 6.54 Å². The number of nitrogens with zero attached hydrogens (tertiary/aromatic N) is 1. The number of carbonyl (C=O) groups is 1. The first-order valence-corrected chi connectivity index (χ1v) is 6.23. The van der Waals surface area contributed by atoms with Crippen molar-refractivity contribution < 1.29 is 22.7 Å². The molecule has 0 aliphatic carbocycles. The smallest absolute Gasteiger partial charge is 0.387 e. The molecule has 1 aromatic heterocycles. The van der Waals surface area contributed by atoms with Crippen LogP contribution in [0.25, 0.3) is 0 Å². The Kier molecular flexibility index (Phi) is 5.18. The van der Waals surface area contributed by atoms with Crippen molar-refractivity contribution in [2.24, 2.45) is 0 Å². The minimum atomic E-state index is -3.12. The normalized spacial score (nSPS) is 10.4. The maximum absolute atomic E-state index is 13.5. The fraction of sp³-hybridized carbons (Fsp3) is 0.143. The summed E-state index contributed by atoms with van der Waals surface area (Å²) in [5.41, 5.74) is 0.766. The Balaban J connectivity index is 1.90. The van der Waals surface area contributed by atoms with Crippen LogP contribution in [0.3, 0.4) is 0 Å². The van der Waals surface area contributed by atoms with E-state index in [2.05, 4.69) is 20.4 Å². The molecule has 8 heteroatoms. The number of rotatable bonds is 5. The Morgan fingerprint density at radius 3 is 2.73 bits per heavy atom. The summed E-state index contributed by atoms with van der Waals surface area (Å²) in [6.07, 6.45) is 1.59. The third kappa shape index (κ3) is 4.65. The topological polar surface area (TPSA) is 63.2 Å². The molecule has 0 radical (unpaired) electrons. The number of urea groups is 1. The van der Waals surface area contributed by atoms with E-state index in [4.69, 9.17) is 0 Å². The molecule has 0 saturated heterocycles. The highest BCUT2D eigenvalue weighted by Crippen LogP contribution is 2.22. The SMILES string of the molecule is O=C(NCc1ccccn1)Nc1ccc(OC(F)F)c(F)c1. The monoisotopic (exact) mass is 311 g/mol. The van der Waals surface area contributed by atoms with E-state index in [1.54, 1.807) is 24.4 Å². The molecule has 116 valence electrons. The van der Waals surface area contributed by atoms with Gasteiger partial charge in [0, 0.05) is 18.0 Å². The lowest BCUT2D eigenvalue weighted by molar-refractivity contribution is -0.0521. The number of nitrogens with one attached hydrogen (secondary N) is 2. The van der Waals surface area contributed by atoms with Crippen molar-refractivity contribution in [3.8, 4) is 5.75 Å². The molecule has 22 heavy (non-hydrogen) atoms. The van der Waals surface area contributed by atoms with Crippen LogP contribution in [0.4, 0.5) is 23.7 Å². The average Bonchev–Trinajstić information content (AvgIpc) is 2.49. The molecular formula is C14H12F3N3O2. The largest absolute Gasteiger partial charge is 0.432 e. The van der Waals surface area contributed by atoms with Crippen LogP contribution in [0, 0.1) is 5.82 Å². The number of hydrogen-bond donors (Lipinski definition) is 2. The molecule has 1 aromatic carbocycles. The molecule has 0 spiro atoms. The lowest BCUT2D eigenvalue weighted by Crippen LogP contribution is -2.28. The van der Waals surface area contributed by atoms with Gasteiger partial charge in [-0.05, 0) is 24.3 Å². The molecule has 2 rings (SSSR count). The van der Waals surface area contributed by atoms with Gasteiger partial charge in [0.25, 0.3) is 0 Å². The van der Waals surface area contributed by atoms with Crippen molar-refractivity contribution in [3.63, 3.8) is 0 Å². The quantitative estimate of drug-likeness (QED) is 0.891. The van der Waals surface area contributed by atoms with Crippen LogP contribution in [0.1, 0.15) is 5.69 Å². The standard InChI is InChI=1S/C14H12F3N3O2/c15-11-7-9(4-5-12(11)22-13(16)17)20-14(21)19-8-10-3-1-2-6-18-10/h1-7,13H,8H2,(H2,19,20,21). The van der Waals surface area contributed by atoms with Gasteiger partial charge in [0.05, 0.1) is 12.2 Å². The first kappa shape index (κ1) is 15.6. The van der Waals surface area contributed by atoms with E-state index in [0.717, 1.165) is 12.1 Å². The maximum Gasteiger partial charge on any atom is 0.387 e. The molecule has 2 N–H and O–H groups in total. The molecule has 0 saturated carbocycles. The zero-order chi connectivity index (χ0) is 15.9. The highest BCUT2D eigenvalue weighted by atomic mass is 19.3. The van der Waals surface area contributed by atoms with Crippen molar-refractivity contribution in [3.05, 3.63) is 54.1 Å². The lowest BCUT2D eigenvalue weighted by atomic mass is 10.3. The number of ether oxygens (including phenoxy) is 1. The van der Waals surface area contributed by atoms with Gasteiger partial charge < -0.3 is 15.4 Å². The van der Waals surface area contributed by atoms with Crippen LogP contribution in [0.5, 0.6) is 5.75 Å². The number of pyridine rings is 1. The average molecular weight is 311 g/mol. The predicted molar refractivity (Wildman–Crippen MR) is 73.1 cm³/mol. The summed E-state index contributed by atoms with van der Waals surface area (Å²) in [5.74, 6) is -1.59. The Bertz CT molecular complexity index is 638. The summed E-state index contributed by atoms with van der Waals surface area (Å²) in [4.78, 5) is 15.7. The van der Waals surface area contributed by atoms with Crippen molar-refractivity contribution >= 4 is 11.7 Å². The predicted octanol–water partition coefficient (Wildman–Crippen LogP) is 3.14. The maximum atomic E-state index is 13.5. The zero-order valence-corrected chi connectivity index (χ0v) is 11.2.